The van der Waals surface area contributed by atoms with Crippen LogP contribution in [-0.2, 0) is 16.5 Å². The summed E-state index contributed by atoms with van der Waals surface area (Å²) in [6.07, 6.45) is 1.50. The normalized spacial score (nSPS) is 20.2. The molecule has 1 aliphatic heterocycles. The molecule has 6 nitrogen and oxygen atoms in total. The van der Waals surface area contributed by atoms with Crippen LogP contribution in [0, 0.1) is 0 Å². The van der Waals surface area contributed by atoms with Crippen molar-refractivity contribution in [3.8, 4) is 0 Å². The van der Waals surface area contributed by atoms with Crippen molar-refractivity contribution in [2.24, 2.45) is 7.05 Å². The molecule has 1 unspecified atom stereocenters. The highest BCUT2D eigenvalue weighted by Crippen LogP contribution is 2.15. The molecule has 0 radical (unpaired) electrons. The Bertz CT molecular complexity index is 443. The lowest BCUT2D eigenvalue weighted by atomic mass is 10.3. The molecule has 2 heterocycles. The van der Waals surface area contributed by atoms with Crippen molar-refractivity contribution in [2.75, 3.05) is 31.7 Å². The molecule has 0 saturated carbocycles. The first-order chi connectivity index (χ1) is 8.18. The molecule has 0 bridgehead atoms. The van der Waals surface area contributed by atoms with Crippen LogP contribution in [0.5, 0.6) is 0 Å². The van der Waals surface area contributed by atoms with Crippen LogP contribution < -0.4 is 10.9 Å². The van der Waals surface area contributed by atoms with Crippen LogP contribution in [0.4, 0.5) is 5.69 Å². The van der Waals surface area contributed by atoms with Gasteiger partial charge in [0, 0.05) is 13.6 Å². The van der Waals surface area contributed by atoms with Gasteiger partial charge in [0.15, 0.2) is 0 Å². The number of hydrogen-bond donors (Lipinski definition) is 1. The smallest absolute Gasteiger partial charge is 0.287 e. The largest absolute Gasteiger partial charge is 0.380 e. The Morgan fingerprint density at radius 2 is 2.47 bits per heavy atom. The van der Waals surface area contributed by atoms with Gasteiger partial charge in [-0.25, -0.2) is 4.68 Å². The Morgan fingerprint density at radius 1 is 1.65 bits per heavy atom. The zero-order valence-corrected chi connectivity index (χ0v) is 10.2. The maximum absolute atomic E-state index is 11.5. The first-order valence-electron chi connectivity index (χ1n) is 5.33. The predicted octanol–water partition coefficient (Wildman–Crippen LogP) is 0.261. The van der Waals surface area contributed by atoms with Crippen molar-refractivity contribution in [1.29, 1.82) is 0 Å². The van der Waals surface area contributed by atoms with Gasteiger partial charge in [-0.15, -0.1) is 0 Å². The highest BCUT2D eigenvalue weighted by molar-refractivity contribution is 6.32. The van der Waals surface area contributed by atoms with E-state index in [9.17, 15) is 4.79 Å². The number of ether oxygens (including phenoxy) is 2. The number of halogens is 1. The molecule has 17 heavy (non-hydrogen) atoms. The molecule has 1 atom stereocenters. The summed E-state index contributed by atoms with van der Waals surface area (Å²) >= 11 is 5.91. The van der Waals surface area contributed by atoms with Crippen molar-refractivity contribution in [3.63, 3.8) is 0 Å². The molecule has 0 amide bonds. The summed E-state index contributed by atoms with van der Waals surface area (Å²) in [5, 5.41) is 7.06. The average Bonchev–Trinajstić information content (AvgIpc) is 2.36. The van der Waals surface area contributed by atoms with Gasteiger partial charge in [-0.3, -0.25) is 4.79 Å². The van der Waals surface area contributed by atoms with Crippen LogP contribution in [-0.4, -0.2) is 42.2 Å². The van der Waals surface area contributed by atoms with E-state index in [4.69, 9.17) is 21.1 Å². The lowest BCUT2D eigenvalue weighted by Crippen LogP contribution is -2.34. The van der Waals surface area contributed by atoms with Crippen LogP contribution in [0.2, 0.25) is 5.02 Å². The first kappa shape index (κ1) is 12.3. The summed E-state index contributed by atoms with van der Waals surface area (Å²) in [6.45, 7) is 2.30. The number of anilines is 1. The topological polar surface area (TPSA) is 65.4 Å². The van der Waals surface area contributed by atoms with Crippen molar-refractivity contribution < 1.29 is 9.47 Å². The molecular weight excluding hydrogens is 246 g/mol. The number of aromatic nitrogens is 2. The number of aryl methyl sites for hydroxylation is 1. The second kappa shape index (κ2) is 5.48. The minimum atomic E-state index is -0.322. The summed E-state index contributed by atoms with van der Waals surface area (Å²) in [5.74, 6) is 0. The van der Waals surface area contributed by atoms with Crippen molar-refractivity contribution in [3.05, 3.63) is 21.6 Å². The SMILES string of the molecule is Cn1ncc(NCC2COCCO2)c(Cl)c1=O. The molecule has 7 heteroatoms. The molecule has 0 spiro atoms. The quantitative estimate of drug-likeness (QED) is 0.844. The zero-order valence-electron chi connectivity index (χ0n) is 9.48. The Morgan fingerprint density at radius 3 is 3.18 bits per heavy atom. The second-order valence-corrected chi connectivity index (χ2v) is 4.13. The number of hydrogen-bond acceptors (Lipinski definition) is 5. The molecular formula is C10H14ClN3O3. The third-order valence-electron chi connectivity index (χ3n) is 2.48. The molecule has 1 fully saturated rings. The van der Waals surface area contributed by atoms with Crippen molar-refractivity contribution in [1.82, 2.24) is 9.78 Å². The van der Waals surface area contributed by atoms with E-state index in [1.807, 2.05) is 0 Å². The Balaban J connectivity index is 1.99. The fourth-order valence-electron chi connectivity index (χ4n) is 1.51. The summed E-state index contributed by atoms with van der Waals surface area (Å²) in [7, 11) is 1.55. The molecule has 1 N–H and O–H groups in total. The van der Waals surface area contributed by atoms with Crippen LogP contribution >= 0.6 is 11.6 Å². The Hall–Kier alpha value is -1.11. The van der Waals surface area contributed by atoms with Gasteiger partial charge in [0.2, 0.25) is 0 Å². The molecule has 1 saturated heterocycles. The van der Waals surface area contributed by atoms with Gasteiger partial charge in [0.05, 0.1) is 37.8 Å². The summed E-state index contributed by atoms with van der Waals surface area (Å²) in [5.41, 5.74) is 0.196. The van der Waals surface area contributed by atoms with Crippen LogP contribution in [0.25, 0.3) is 0 Å². The molecule has 2 rings (SSSR count). The maximum atomic E-state index is 11.5. The third-order valence-corrected chi connectivity index (χ3v) is 2.85. The first-order valence-corrected chi connectivity index (χ1v) is 5.71. The van der Waals surface area contributed by atoms with E-state index in [1.54, 1.807) is 7.05 Å². The summed E-state index contributed by atoms with van der Waals surface area (Å²) in [4.78, 5) is 11.5. The fraction of sp³-hybridized carbons (Fsp3) is 0.600. The van der Waals surface area contributed by atoms with E-state index in [-0.39, 0.29) is 16.7 Å². The van der Waals surface area contributed by atoms with Crippen LogP contribution in [0.15, 0.2) is 11.0 Å². The minimum absolute atomic E-state index is 0.0242. The standard InChI is InChI=1S/C10H14ClN3O3/c1-14-10(15)9(11)8(5-13-14)12-4-7-6-16-2-3-17-7/h5,7,12H,2-4,6H2,1H3. The van der Waals surface area contributed by atoms with E-state index >= 15 is 0 Å². The van der Waals surface area contributed by atoms with E-state index in [2.05, 4.69) is 10.4 Å². The predicted molar refractivity (Wildman–Crippen MR) is 63.5 cm³/mol. The summed E-state index contributed by atoms with van der Waals surface area (Å²) in [6, 6.07) is 0. The van der Waals surface area contributed by atoms with Gasteiger partial charge in [-0.05, 0) is 0 Å². The second-order valence-electron chi connectivity index (χ2n) is 3.75. The van der Waals surface area contributed by atoms with Gasteiger partial charge in [0.1, 0.15) is 5.02 Å². The fourth-order valence-corrected chi connectivity index (χ4v) is 1.75. The zero-order chi connectivity index (χ0) is 12.3. The molecule has 94 valence electrons. The van der Waals surface area contributed by atoms with E-state index in [0.717, 1.165) is 0 Å². The highest BCUT2D eigenvalue weighted by atomic mass is 35.5. The molecule has 1 aromatic rings. The summed E-state index contributed by atoms with van der Waals surface area (Å²) < 4.78 is 11.9. The van der Waals surface area contributed by atoms with Gasteiger partial charge in [-0.2, -0.15) is 5.10 Å². The number of nitrogens with zero attached hydrogens (tertiary/aromatic N) is 2. The van der Waals surface area contributed by atoms with Gasteiger partial charge in [0.25, 0.3) is 5.56 Å². The average molecular weight is 260 g/mol. The van der Waals surface area contributed by atoms with Crippen LogP contribution in [0.3, 0.4) is 0 Å². The minimum Gasteiger partial charge on any atom is -0.380 e. The lowest BCUT2D eigenvalue weighted by molar-refractivity contribution is -0.0818. The van der Waals surface area contributed by atoms with Crippen molar-refractivity contribution in [2.45, 2.75) is 6.10 Å². The van der Waals surface area contributed by atoms with Gasteiger partial charge >= 0.3 is 0 Å². The maximum Gasteiger partial charge on any atom is 0.287 e. The molecule has 1 aromatic heterocycles. The van der Waals surface area contributed by atoms with E-state index in [0.29, 0.717) is 32.1 Å². The van der Waals surface area contributed by atoms with Gasteiger partial charge < -0.3 is 14.8 Å². The third kappa shape index (κ3) is 2.96. The lowest BCUT2D eigenvalue weighted by Gasteiger charge is -2.23. The van der Waals surface area contributed by atoms with Crippen molar-refractivity contribution >= 4 is 17.3 Å². The number of nitrogens with one attached hydrogen (secondary N) is 1. The Labute approximate surface area is 103 Å². The van der Waals surface area contributed by atoms with E-state index < -0.39 is 0 Å². The monoisotopic (exact) mass is 259 g/mol. The Kier molecular flexibility index (Phi) is 3.98. The van der Waals surface area contributed by atoms with Gasteiger partial charge in [-0.1, -0.05) is 11.6 Å². The number of rotatable bonds is 3. The highest BCUT2D eigenvalue weighted by Gasteiger charge is 2.15. The molecule has 0 aromatic carbocycles. The van der Waals surface area contributed by atoms with E-state index in [1.165, 1.54) is 10.9 Å². The molecule has 0 aliphatic carbocycles. The molecule has 1 aliphatic rings. The van der Waals surface area contributed by atoms with Crippen LogP contribution in [0.1, 0.15) is 0 Å².